The number of hydrogen-bond donors (Lipinski definition) is 2. The molecule has 0 amide bonds. The van der Waals surface area contributed by atoms with Crippen LogP contribution in [0.5, 0.6) is 0 Å². The zero-order chi connectivity index (χ0) is 10.6. The summed E-state index contributed by atoms with van der Waals surface area (Å²) in [5.41, 5.74) is 0.633. The first kappa shape index (κ1) is 11.1. The van der Waals surface area contributed by atoms with Crippen LogP contribution in [0.3, 0.4) is 0 Å². The molecule has 0 aliphatic carbocycles. The molecule has 0 aliphatic heterocycles. The molecule has 0 aromatic heterocycles. The van der Waals surface area contributed by atoms with Crippen molar-refractivity contribution in [3.05, 3.63) is 35.6 Å². The lowest BCUT2D eigenvalue weighted by molar-refractivity contribution is 0.187. The van der Waals surface area contributed by atoms with Crippen LogP contribution in [0.4, 0.5) is 4.39 Å². The van der Waals surface area contributed by atoms with Gasteiger partial charge in [0.05, 0.1) is 6.10 Å². The van der Waals surface area contributed by atoms with Crippen molar-refractivity contribution < 1.29 is 9.50 Å². The number of benzene rings is 1. The third kappa shape index (κ3) is 3.09. The third-order valence-corrected chi connectivity index (χ3v) is 2.09. The van der Waals surface area contributed by atoms with Crippen LogP contribution in [-0.4, -0.2) is 17.8 Å². The maximum Gasteiger partial charge on any atom is 0.127 e. The van der Waals surface area contributed by atoms with Gasteiger partial charge in [-0.25, -0.2) is 4.39 Å². The standard InChI is InChI=1S/C11H16FNO/c1-8(14)7-13-9(2)10-5-3-4-6-11(10)12/h3-6,8-9,13-14H,7H2,1-2H3/t8-,9?/m1/s1. The van der Waals surface area contributed by atoms with Crippen molar-refractivity contribution >= 4 is 0 Å². The van der Waals surface area contributed by atoms with Crippen molar-refractivity contribution in [2.45, 2.75) is 26.0 Å². The molecule has 0 spiro atoms. The Morgan fingerprint density at radius 2 is 2.00 bits per heavy atom. The summed E-state index contributed by atoms with van der Waals surface area (Å²) in [5, 5.41) is 12.1. The smallest absolute Gasteiger partial charge is 0.127 e. The predicted molar refractivity (Wildman–Crippen MR) is 54.5 cm³/mol. The van der Waals surface area contributed by atoms with E-state index in [1.165, 1.54) is 6.07 Å². The van der Waals surface area contributed by atoms with Crippen molar-refractivity contribution in [2.75, 3.05) is 6.54 Å². The van der Waals surface area contributed by atoms with Crippen LogP contribution in [0.25, 0.3) is 0 Å². The fourth-order valence-corrected chi connectivity index (χ4v) is 1.28. The van der Waals surface area contributed by atoms with Crippen LogP contribution < -0.4 is 5.32 Å². The van der Waals surface area contributed by atoms with Gasteiger partial charge < -0.3 is 10.4 Å². The number of nitrogens with one attached hydrogen (secondary N) is 1. The Labute approximate surface area is 83.8 Å². The largest absolute Gasteiger partial charge is 0.392 e. The average Bonchev–Trinajstić information content (AvgIpc) is 2.15. The highest BCUT2D eigenvalue weighted by Crippen LogP contribution is 2.15. The van der Waals surface area contributed by atoms with Crippen LogP contribution in [0.15, 0.2) is 24.3 Å². The first-order valence-electron chi connectivity index (χ1n) is 4.77. The summed E-state index contributed by atoms with van der Waals surface area (Å²) in [7, 11) is 0. The van der Waals surface area contributed by atoms with E-state index in [2.05, 4.69) is 5.32 Å². The van der Waals surface area contributed by atoms with Gasteiger partial charge in [0.15, 0.2) is 0 Å². The van der Waals surface area contributed by atoms with Gasteiger partial charge in [-0.05, 0) is 19.9 Å². The van der Waals surface area contributed by atoms with Crippen LogP contribution in [0.1, 0.15) is 25.5 Å². The number of hydrogen-bond acceptors (Lipinski definition) is 2. The SMILES string of the molecule is CC(NC[C@@H](C)O)c1ccccc1F. The second-order valence-corrected chi connectivity index (χ2v) is 3.50. The summed E-state index contributed by atoms with van der Waals surface area (Å²) in [5.74, 6) is -0.210. The summed E-state index contributed by atoms with van der Waals surface area (Å²) in [6, 6.07) is 6.58. The summed E-state index contributed by atoms with van der Waals surface area (Å²) >= 11 is 0. The Bertz CT molecular complexity index is 288. The summed E-state index contributed by atoms with van der Waals surface area (Å²) in [6.45, 7) is 4.04. The van der Waals surface area contributed by atoms with E-state index in [-0.39, 0.29) is 11.9 Å². The van der Waals surface area contributed by atoms with Gasteiger partial charge >= 0.3 is 0 Å². The molecule has 2 N–H and O–H groups in total. The highest BCUT2D eigenvalue weighted by molar-refractivity contribution is 5.20. The molecule has 0 heterocycles. The Morgan fingerprint density at radius 3 is 2.57 bits per heavy atom. The Hall–Kier alpha value is -0.930. The average molecular weight is 197 g/mol. The fourth-order valence-electron chi connectivity index (χ4n) is 1.28. The molecule has 1 rings (SSSR count). The van der Waals surface area contributed by atoms with Crippen molar-refractivity contribution in [3.8, 4) is 0 Å². The summed E-state index contributed by atoms with van der Waals surface area (Å²) < 4.78 is 13.3. The van der Waals surface area contributed by atoms with Crippen LogP contribution in [-0.2, 0) is 0 Å². The molecule has 1 aromatic carbocycles. The van der Waals surface area contributed by atoms with E-state index in [1.807, 2.05) is 6.92 Å². The molecule has 1 unspecified atom stereocenters. The molecule has 2 nitrogen and oxygen atoms in total. The minimum Gasteiger partial charge on any atom is -0.392 e. The lowest BCUT2D eigenvalue weighted by Crippen LogP contribution is -2.27. The Kier molecular flexibility index (Phi) is 4.04. The molecule has 0 saturated carbocycles. The van der Waals surface area contributed by atoms with E-state index in [4.69, 9.17) is 5.11 Å². The van der Waals surface area contributed by atoms with Crippen molar-refractivity contribution in [2.24, 2.45) is 0 Å². The van der Waals surface area contributed by atoms with Gasteiger partial charge in [-0.2, -0.15) is 0 Å². The first-order chi connectivity index (χ1) is 6.61. The highest BCUT2D eigenvalue weighted by atomic mass is 19.1. The lowest BCUT2D eigenvalue weighted by Gasteiger charge is -2.15. The zero-order valence-corrected chi connectivity index (χ0v) is 8.50. The molecule has 0 radical (unpaired) electrons. The highest BCUT2D eigenvalue weighted by Gasteiger charge is 2.09. The second kappa shape index (κ2) is 5.08. The molecule has 0 bridgehead atoms. The van der Waals surface area contributed by atoms with E-state index >= 15 is 0 Å². The normalized spacial score (nSPS) is 15.1. The van der Waals surface area contributed by atoms with Gasteiger partial charge in [0, 0.05) is 18.2 Å². The molecule has 1 aromatic rings. The van der Waals surface area contributed by atoms with E-state index in [0.717, 1.165) is 0 Å². The third-order valence-electron chi connectivity index (χ3n) is 2.09. The summed E-state index contributed by atoms with van der Waals surface area (Å²) in [4.78, 5) is 0. The molecular weight excluding hydrogens is 181 g/mol. The quantitative estimate of drug-likeness (QED) is 0.772. The molecule has 14 heavy (non-hydrogen) atoms. The molecule has 2 atom stereocenters. The fraction of sp³-hybridized carbons (Fsp3) is 0.455. The minimum atomic E-state index is -0.413. The maximum atomic E-state index is 13.3. The van der Waals surface area contributed by atoms with Crippen molar-refractivity contribution in [1.82, 2.24) is 5.32 Å². The topological polar surface area (TPSA) is 32.3 Å². The number of rotatable bonds is 4. The van der Waals surface area contributed by atoms with Gasteiger partial charge in [-0.1, -0.05) is 18.2 Å². The molecule has 3 heteroatoms. The van der Waals surface area contributed by atoms with E-state index < -0.39 is 6.10 Å². The predicted octanol–water partition coefficient (Wildman–Crippen LogP) is 1.86. The first-order valence-corrected chi connectivity index (χ1v) is 4.77. The monoisotopic (exact) mass is 197 g/mol. The van der Waals surface area contributed by atoms with Gasteiger partial charge in [-0.3, -0.25) is 0 Å². The van der Waals surface area contributed by atoms with Crippen LogP contribution >= 0.6 is 0 Å². The van der Waals surface area contributed by atoms with Crippen molar-refractivity contribution in [1.29, 1.82) is 0 Å². The second-order valence-electron chi connectivity index (χ2n) is 3.50. The lowest BCUT2D eigenvalue weighted by atomic mass is 10.1. The van der Waals surface area contributed by atoms with Crippen LogP contribution in [0, 0.1) is 5.82 Å². The van der Waals surface area contributed by atoms with E-state index in [1.54, 1.807) is 25.1 Å². The zero-order valence-electron chi connectivity index (χ0n) is 8.50. The van der Waals surface area contributed by atoms with Gasteiger partial charge in [0.2, 0.25) is 0 Å². The Morgan fingerprint density at radius 1 is 1.36 bits per heavy atom. The van der Waals surface area contributed by atoms with E-state index in [9.17, 15) is 4.39 Å². The maximum absolute atomic E-state index is 13.3. The van der Waals surface area contributed by atoms with Gasteiger partial charge in [0.1, 0.15) is 5.82 Å². The van der Waals surface area contributed by atoms with E-state index in [0.29, 0.717) is 12.1 Å². The Balaban J connectivity index is 2.60. The summed E-state index contributed by atoms with van der Waals surface area (Å²) in [6.07, 6.45) is -0.413. The number of halogens is 1. The number of aliphatic hydroxyl groups excluding tert-OH is 1. The van der Waals surface area contributed by atoms with Crippen molar-refractivity contribution in [3.63, 3.8) is 0 Å². The molecule has 0 aliphatic rings. The van der Waals surface area contributed by atoms with Gasteiger partial charge in [-0.15, -0.1) is 0 Å². The molecular formula is C11H16FNO. The molecule has 0 fully saturated rings. The minimum absolute atomic E-state index is 0.0780. The van der Waals surface area contributed by atoms with Gasteiger partial charge in [0.25, 0.3) is 0 Å². The van der Waals surface area contributed by atoms with Crippen LogP contribution in [0.2, 0.25) is 0 Å². The molecule has 0 saturated heterocycles. The number of aliphatic hydroxyl groups is 1. The molecule has 78 valence electrons.